The van der Waals surface area contributed by atoms with E-state index in [4.69, 9.17) is 10.7 Å². The lowest BCUT2D eigenvalue weighted by Crippen LogP contribution is -2.06. The molecule has 1 aromatic carbocycles. The van der Waals surface area contributed by atoms with Gasteiger partial charge in [-0.1, -0.05) is 0 Å². The van der Waals surface area contributed by atoms with Gasteiger partial charge in [-0.05, 0) is 44.0 Å². The van der Waals surface area contributed by atoms with Crippen molar-refractivity contribution in [2.75, 3.05) is 7.11 Å². The summed E-state index contributed by atoms with van der Waals surface area (Å²) < 4.78 is 21.3. The molecule has 0 radical (unpaired) electrons. The van der Waals surface area contributed by atoms with Crippen molar-refractivity contribution < 1.29 is 13.9 Å². The van der Waals surface area contributed by atoms with E-state index in [1.165, 1.54) is 19.2 Å². The predicted molar refractivity (Wildman–Crippen MR) is 107 cm³/mol. The maximum atomic E-state index is 14.5. The van der Waals surface area contributed by atoms with Crippen molar-refractivity contribution in [3.8, 4) is 11.5 Å². The van der Waals surface area contributed by atoms with E-state index in [-0.39, 0.29) is 17.6 Å². The average Bonchev–Trinajstić information content (AvgIpc) is 3.34. The highest BCUT2D eigenvalue weighted by Crippen LogP contribution is 2.42. The van der Waals surface area contributed by atoms with Crippen LogP contribution in [0.4, 0.5) is 4.39 Å². The molecular weight excluding hydrogens is 373 g/mol. The first-order chi connectivity index (χ1) is 14.0. The van der Waals surface area contributed by atoms with E-state index in [1.807, 2.05) is 29.7 Å². The van der Waals surface area contributed by atoms with Crippen LogP contribution in [0.15, 0.2) is 30.3 Å². The number of nitrogens with two attached hydrogens (primary N) is 1. The highest BCUT2D eigenvalue weighted by Gasteiger charge is 2.30. The standard InChI is InChI=1S/C21H20FN5O2/c1-10(23)15-6-3-11-7-17(25-19(11)24-15)20-26-16-8-13(21(28)29-2)14(22)9-18(16)27(20)12-4-5-12/h3,6-10,12H,4-5,23H2,1-2H3,(H,24,25)/t10-/m1/s1. The van der Waals surface area contributed by atoms with Crippen LogP contribution in [0.2, 0.25) is 0 Å². The number of benzene rings is 1. The van der Waals surface area contributed by atoms with E-state index in [1.54, 1.807) is 0 Å². The minimum absolute atomic E-state index is 0.119. The van der Waals surface area contributed by atoms with Gasteiger partial charge in [-0.2, -0.15) is 0 Å². The van der Waals surface area contributed by atoms with Crippen LogP contribution in [0.5, 0.6) is 0 Å². The number of nitrogens with one attached hydrogen (secondary N) is 1. The molecule has 0 amide bonds. The number of hydrogen-bond acceptors (Lipinski definition) is 5. The van der Waals surface area contributed by atoms with Gasteiger partial charge in [0.2, 0.25) is 0 Å². The molecule has 0 saturated heterocycles. The molecule has 3 aromatic heterocycles. The molecule has 148 valence electrons. The van der Waals surface area contributed by atoms with Gasteiger partial charge in [0.25, 0.3) is 0 Å². The van der Waals surface area contributed by atoms with Gasteiger partial charge in [0, 0.05) is 23.5 Å². The fraction of sp³-hybridized carbons (Fsp3) is 0.286. The highest BCUT2D eigenvalue weighted by molar-refractivity contribution is 5.95. The van der Waals surface area contributed by atoms with Crippen LogP contribution in [0, 0.1) is 5.82 Å². The molecule has 1 saturated carbocycles. The summed E-state index contributed by atoms with van der Waals surface area (Å²) in [5, 5.41) is 0.945. The fourth-order valence-corrected chi connectivity index (χ4v) is 3.67. The van der Waals surface area contributed by atoms with Gasteiger partial charge < -0.3 is 20.0 Å². The smallest absolute Gasteiger partial charge is 0.340 e. The number of fused-ring (bicyclic) bond motifs is 2. The number of carbonyl (C=O) groups excluding carboxylic acids is 1. The van der Waals surface area contributed by atoms with Crippen molar-refractivity contribution in [1.29, 1.82) is 0 Å². The molecule has 1 aliphatic carbocycles. The highest BCUT2D eigenvalue weighted by atomic mass is 19.1. The molecule has 5 rings (SSSR count). The van der Waals surface area contributed by atoms with Gasteiger partial charge in [0.15, 0.2) is 5.82 Å². The van der Waals surface area contributed by atoms with Crippen LogP contribution >= 0.6 is 0 Å². The first-order valence-electron chi connectivity index (χ1n) is 9.51. The number of aromatic amines is 1. The Morgan fingerprint density at radius 2 is 2.10 bits per heavy atom. The summed E-state index contributed by atoms with van der Waals surface area (Å²) >= 11 is 0. The Hall–Kier alpha value is -3.26. The molecule has 0 spiro atoms. The summed E-state index contributed by atoms with van der Waals surface area (Å²) in [7, 11) is 1.23. The zero-order valence-electron chi connectivity index (χ0n) is 16.1. The Balaban J connectivity index is 1.71. The second-order valence-corrected chi connectivity index (χ2v) is 7.49. The van der Waals surface area contributed by atoms with Crippen LogP contribution in [0.3, 0.4) is 0 Å². The molecule has 1 atom stereocenters. The summed E-state index contributed by atoms with van der Waals surface area (Å²) in [6, 6.07) is 8.77. The van der Waals surface area contributed by atoms with Crippen molar-refractivity contribution >= 4 is 28.0 Å². The largest absolute Gasteiger partial charge is 0.465 e. The van der Waals surface area contributed by atoms with Crippen molar-refractivity contribution in [3.63, 3.8) is 0 Å². The number of methoxy groups -OCH3 is 1. The van der Waals surface area contributed by atoms with E-state index >= 15 is 0 Å². The monoisotopic (exact) mass is 393 g/mol. The molecule has 0 unspecified atom stereocenters. The minimum atomic E-state index is -0.717. The molecule has 1 aliphatic rings. The lowest BCUT2D eigenvalue weighted by atomic mass is 10.2. The van der Waals surface area contributed by atoms with E-state index in [0.29, 0.717) is 16.9 Å². The molecule has 29 heavy (non-hydrogen) atoms. The third kappa shape index (κ3) is 2.87. The van der Waals surface area contributed by atoms with Gasteiger partial charge in [0.1, 0.15) is 11.5 Å². The number of hydrogen-bond donors (Lipinski definition) is 2. The Morgan fingerprint density at radius 1 is 1.31 bits per heavy atom. The Bertz CT molecular complexity index is 1270. The van der Waals surface area contributed by atoms with E-state index in [0.717, 1.165) is 35.3 Å². The van der Waals surface area contributed by atoms with Gasteiger partial charge in [-0.3, -0.25) is 0 Å². The molecule has 8 heteroatoms. The number of H-pyrrole nitrogens is 1. The number of pyridine rings is 1. The number of carbonyl (C=O) groups is 1. The topological polar surface area (TPSA) is 98.8 Å². The summed E-state index contributed by atoms with van der Waals surface area (Å²) in [6.45, 7) is 1.89. The Morgan fingerprint density at radius 3 is 2.79 bits per heavy atom. The first-order valence-corrected chi connectivity index (χ1v) is 9.51. The Labute approximate surface area is 165 Å². The number of nitrogens with zero attached hydrogens (tertiary/aromatic N) is 3. The van der Waals surface area contributed by atoms with Crippen LogP contribution in [0.1, 0.15) is 47.9 Å². The van der Waals surface area contributed by atoms with Crippen LogP contribution < -0.4 is 5.73 Å². The number of ether oxygens (including phenoxy) is 1. The second-order valence-electron chi connectivity index (χ2n) is 7.49. The summed E-state index contributed by atoms with van der Waals surface area (Å²) in [5.41, 5.74) is 9.35. The molecule has 0 aliphatic heterocycles. The molecule has 3 N–H and O–H groups in total. The zero-order valence-corrected chi connectivity index (χ0v) is 16.1. The third-order valence-corrected chi connectivity index (χ3v) is 5.30. The van der Waals surface area contributed by atoms with Crippen molar-refractivity contribution in [1.82, 2.24) is 19.5 Å². The Kier molecular flexibility index (Phi) is 3.92. The fourth-order valence-electron chi connectivity index (χ4n) is 3.67. The van der Waals surface area contributed by atoms with E-state index in [2.05, 4.69) is 14.7 Å². The lowest BCUT2D eigenvalue weighted by Gasteiger charge is -2.07. The van der Waals surface area contributed by atoms with Gasteiger partial charge >= 0.3 is 5.97 Å². The number of rotatable bonds is 4. The quantitative estimate of drug-likeness (QED) is 0.513. The van der Waals surface area contributed by atoms with E-state index < -0.39 is 11.8 Å². The van der Waals surface area contributed by atoms with Crippen LogP contribution in [-0.4, -0.2) is 32.6 Å². The normalized spacial score (nSPS) is 15.2. The molecular formula is C21H20FN5O2. The predicted octanol–water partition coefficient (Wildman–Crippen LogP) is 3.86. The van der Waals surface area contributed by atoms with Crippen molar-refractivity contribution in [2.24, 2.45) is 5.73 Å². The number of imidazole rings is 1. The van der Waals surface area contributed by atoms with Crippen molar-refractivity contribution in [3.05, 3.63) is 47.4 Å². The number of aromatic nitrogens is 4. The van der Waals surface area contributed by atoms with Crippen LogP contribution in [0.25, 0.3) is 33.6 Å². The minimum Gasteiger partial charge on any atom is -0.465 e. The lowest BCUT2D eigenvalue weighted by molar-refractivity contribution is 0.0595. The second kappa shape index (κ2) is 6.38. The number of esters is 1. The van der Waals surface area contributed by atoms with Gasteiger partial charge in [0.05, 0.1) is 35.1 Å². The maximum Gasteiger partial charge on any atom is 0.340 e. The average molecular weight is 393 g/mol. The van der Waals surface area contributed by atoms with Gasteiger partial charge in [-0.25, -0.2) is 19.2 Å². The number of halogens is 1. The summed E-state index contributed by atoms with van der Waals surface area (Å²) in [4.78, 5) is 24.5. The molecule has 7 nitrogen and oxygen atoms in total. The van der Waals surface area contributed by atoms with E-state index in [9.17, 15) is 9.18 Å². The molecule has 0 bridgehead atoms. The van der Waals surface area contributed by atoms with Gasteiger partial charge in [-0.15, -0.1) is 0 Å². The van der Waals surface area contributed by atoms with Crippen LogP contribution in [-0.2, 0) is 4.74 Å². The molecule has 3 heterocycles. The molecule has 4 aromatic rings. The zero-order chi connectivity index (χ0) is 20.3. The summed E-state index contributed by atoms with van der Waals surface area (Å²) in [6.07, 6.45) is 2.01. The van der Waals surface area contributed by atoms with Crippen molar-refractivity contribution in [2.45, 2.75) is 31.8 Å². The third-order valence-electron chi connectivity index (χ3n) is 5.30. The molecule has 1 fully saturated rings. The summed E-state index contributed by atoms with van der Waals surface area (Å²) in [5.74, 6) is -0.632. The SMILES string of the molecule is COC(=O)c1cc2nc(-c3cc4ccc([C@@H](C)N)nc4[nH]3)n(C3CC3)c2cc1F. The maximum absolute atomic E-state index is 14.5. The first kappa shape index (κ1) is 17.8.